The van der Waals surface area contributed by atoms with Gasteiger partial charge in [0.25, 0.3) is 5.91 Å². The second kappa shape index (κ2) is 9.88. The Morgan fingerprint density at radius 3 is 2.37 bits per heavy atom. The normalized spacial score (nSPS) is 13.4. The Labute approximate surface area is 175 Å². The molecule has 0 saturated carbocycles. The number of nitrogens with zero attached hydrogens (tertiary/aromatic N) is 2. The van der Waals surface area contributed by atoms with Gasteiger partial charge in [0.05, 0.1) is 29.1 Å². The van der Waals surface area contributed by atoms with Gasteiger partial charge in [0.15, 0.2) is 0 Å². The van der Waals surface area contributed by atoms with Gasteiger partial charge in [-0.05, 0) is 18.2 Å². The molecule has 1 aliphatic rings. The minimum Gasteiger partial charge on any atom is -0.496 e. The molecule has 0 bridgehead atoms. The van der Waals surface area contributed by atoms with Gasteiger partial charge in [-0.25, -0.2) is 4.39 Å². The number of nitrogen functional groups attached to an aromatic ring is 1. The van der Waals surface area contributed by atoms with Crippen LogP contribution < -0.4 is 15.4 Å². The van der Waals surface area contributed by atoms with E-state index in [0.717, 1.165) is 0 Å². The maximum absolute atomic E-state index is 13.9. The highest BCUT2D eigenvalue weighted by molar-refractivity contribution is 6.33. The summed E-state index contributed by atoms with van der Waals surface area (Å²) < 4.78 is 19.2. The number of methoxy groups -OCH3 is 1. The molecule has 1 amide bonds. The monoisotopic (exact) mass is 435 g/mol. The van der Waals surface area contributed by atoms with Crippen LogP contribution in [0.2, 0.25) is 5.02 Å². The summed E-state index contributed by atoms with van der Waals surface area (Å²) in [6.07, 6.45) is 0. The van der Waals surface area contributed by atoms with Crippen molar-refractivity contribution in [2.24, 2.45) is 0 Å². The number of carbonyl (C=O) groups is 1. The third-order valence-corrected chi connectivity index (χ3v) is 4.64. The van der Waals surface area contributed by atoms with E-state index in [0.29, 0.717) is 53.9 Å². The molecule has 1 heterocycles. The third kappa shape index (κ3) is 4.89. The zero-order valence-corrected chi connectivity index (χ0v) is 17.0. The smallest absolute Gasteiger partial charge is 0.257 e. The number of benzene rings is 2. The fourth-order valence-corrected chi connectivity index (χ4v) is 3.10. The van der Waals surface area contributed by atoms with Crippen molar-refractivity contribution in [1.29, 1.82) is 0 Å². The highest BCUT2D eigenvalue weighted by atomic mass is 35.5. The van der Waals surface area contributed by atoms with E-state index in [-0.39, 0.29) is 36.5 Å². The Balaban J connectivity index is 0.00000182. The molecule has 2 aromatic rings. The molecule has 9 heteroatoms. The van der Waals surface area contributed by atoms with Crippen molar-refractivity contribution in [2.75, 3.05) is 43.9 Å². The molecule has 27 heavy (non-hydrogen) atoms. The van der Waals surface area contributed by atoms with Gasteiger partial charge in [0.1, 0.15) is 11.6 Å². The molecule has 1 saturated heterocycles. The molecule has 0 unspecified atom stereocenters. The molecule has 2 N–H and O–H groups in total. The minimum atomic E-state index is -0.255. The number of carbonyl (C=O) groups excluding carboxylic acids is 1. The lowest BCUT2D eigenvalue weighted by atomic mass is 10.1. The van der Waals surface area contributed by atoms with E-state index in [9.17, 15) is 9.18 Å². The van der Waals surface area contributed by atoms with E-state index in [2.05, 4.69) is 0 Å². The second-order valence-electron chi connectivity index (χ2n) is 5.80. The number of amides is 1. The first-order chi connectivity index (χ1) is 12.0. The van der Waals surface area contributed by atoms with Crippen LogP contribution in [0.15, 0.2) is 36.4 Å². The highest BCUT2D eigenvalue weighted by Gasteiger charge is 2.26. The van der Waals surface area contributed by atoms with Crippen molar-refractivity contribution in [2.45, 2.75) is 0 Å². The maximum atomic E-state index is 13.9. The first-order valence-corrected chi connectivity index (χ1v) is 8.31. The molecule has 0 radical (unpaired) electrons. The number of hydrogen-bond donors (Lipinski definition) is 1. The van der Waals surface area contributed by atoms with Gasteiger partial charge < -0.3 is 20.3 Å². The zero-order valence-electron chi connectivity index (χ0n) is 14.7. The van der Waals surface area contributed by atoms with Crippen molar-refractivity contribution >= 4 is 53.7 Å². The van der Waals surface area contributed by atoms with E-state index < -0.39 is 0 Å². The van der Waals surface area contributed by atoms with Crippen LogP contribution in [0.3, 0.4) is 0 Å². The Morgan fingerprint density at radius 1 is 1.15 bits per heavy atom. The lowest BCUT2D eigenvalue weighted by molar-refractivity contribution is 0.0743. The quantitative estimate of drug-likeness (QED) is 0.742. The molecule has 148 valence electrons. The number of para-hydroxylation sites is 1. The van der Waals surface area contributed by atoms with Crippen molar-refractivity contribution in [3.05, 3.63) is 52.8 Å². The molecule has 1 aliphatic heterocycles. The Morgan fingerprint density at radius 2 is 1.78 bits per heavy atom. The lowest BCUT2D eigenvalue weighted by Crippen LogP contribution is -2.49. The number of ether oxygens (including phenoxy) is 1. The molecule has 0 aromatic heterocycles. The van der Waals surface area contributed by atoms with Gasteiger partial charge in [-0.1, -0.05) is 23.7 Å². The van der Waals surface area contributed by atoms with Gasteiger partial charge in [-0.2, -0.15) is 0 Å². The zero-order chi connectivity index (χ0) is 18.0. The van der Waals surface area contributed by atoms with Crippen molar-refractivity contribution < 1.29 is 13.9 Å². The van der Waals surface area contributed by atoms with Gasteiger partial charge in [-0.3, -0.25) is 4.79 Å². The van der Waals surface area contributed by atoms with Crippen LogP contribution in [0, 0.1) is 5.82 Å². The van der Waals surface area contributed by atoms with Crippen LogP contribution in [0.25, 0.3) is 0 Å². The van der Waals surface area contributed by atoms with Gasteiger partial charge in [-0.15, -0.1) is 24.8 Å². The topological polar surface area (TPSA) is 58.8 Å². The van der Waals surface area contributed by atoms with Gasteiger partial charge in [0, 0.05) is 32.2 Å². The number of anilines is 2. The summed E-state index contributed by atoms with van der Waals surface area (Å²) in [5.74, 6) is -0.0374. The lowest BCUT2D eigenvalue weighted by Gasteiger charge is -2.36. The summed E-state index contributed by atoms with van der Waals surface area (Å²) in [4.78, 5) is 16.5. The summed E-state index contributed by atoms with van der Waals surface area (Å²) in [5, 5.41) is 0.314. The fraction of sp³-hybridized carbons (Fsp3) is 0.278. The molecule has 1 fully saturated rings. The molecule has 0 spiro atoms. The van der Waals surface area contributed by atoms with Crippen LogP contribution in [-0.4, -0.2) is 44.1 Å². The first-order valence-electron chi connectivity index (χ1n) is 7.93. The van der Waals surface area contributed by atoms with Crippen molar-refractivity contribution in [3.8, 4) is 5.75 Å². The number of rotatable bonds is 3. The largest absolute Gasteiger partial charge is 0.496 e. The molecule has 2 aromatic carbocycles. The molecular formula is C18H21Cl3FN3O2. The summed E-state index contributed by atoms with van der Waals surface area (Å²) >= 11 is 6.05. The second-order valence-corrected chi connectivity index (χ2v) is 6.21. The van der Waals surface area contributed by atoms with Crippen LogP contribution in [0.4, 0.5) is 15.8 Å². The summed E-state index contributed by atoms with van der Waals surface area (Å²) in [6.45, 7) is 2.08. The SMILES string of the molecule is COc1cc(N)c(Cl)cc1C(=O)N1CCN(c2ccccc2F)CC1.Cl.Cl. The van der Waals surface area contributed by atoms with E-state index >= 15 is 0 Å². The summed E-state index contributed by atoms with van der Waals surface area (Å²) in [6, 6.07) is 9.73. The predicted octanol–water partition coefficient (Wildman–Crippen LogP) is 3.88. The molecule has 0 aliphatic carbocycles. The highest BCUT2D eigenvalue weighted by Crippen LogP contribution is 2.30. The van der Waals surface area contributed by atoms with E-state index in [1.54, 1.807) is 29.2 Å². The Hall–Kier alpha value is -1.89. The van der Waals surface area contributed by atoms with E-state index in [1.165, 1.54) is 19.2 Å². The molecule has 0 atom stereocenters. The first kappa shape index (κ1) is 23.1. The number of hydrogen-bond acceptors (Lipinski definition) is 4. The predicted molar refractivity (Wildman–Crippen MR) is 111 cm³/mol. The Bertz CT molecular complexity index is 799. The number of halogens is 4. The van der Waals surface area contributed by atoms with E-state index in [4.69, 9.17) is 22.1 Å². The standard InChI is InChI=1S/C18H19ClFN3O2.2ClH/c1-25-17-11-15(21)13(19)10-12(17)18(24)23-8-6-22(7-9-23)16-5-3-2-4-14(16)20;;/h2-5,10-11H,6-9,21H2,1H3;2*1H. The summed E-state index contributed by atoms with van der Waals surface area (Å²) in [5.41, 5.74) is 7.06. The fourth-order valence-electron chi connectivity index (χ4n) is 2.93. The third-order valence-electron chi connectivity index (χ3n) is 4.31. The van der Waals surface area contributed by atoms with Crippen LogP contribution in [0.1, 0.15) is 10.4 Å². The van der Waals surface area contributed by atoms with Gasteiger partial charge >= 0.3 is 0 Å². The van der Waals surface area contributed by atoms with Crippen LogP contribution >= 0.6 is 36.4 Å². The molecular weight excluding hydrogens is 416 g/mol. The van der Waals surface area contributed by atoms with Crippen LogP contribution in [0.5, 0.6) is 5.75 Å². The Kier molecular flexibility index (Phi) is 8.47. The van der Waals surface area contributed by atoms with Crippen LogP contribution in [-0.2, 0) is 0 Å². The number of nitrogens with two attached hydrogens (primary N) is 1. The maximum Gasteiger partial charge on any atom is 0.257 e. The van der Waals surface area contributed by atoms with Crippen molar-refractivity contribution in [1.82, 2.24) is 4.90 Å². The molecule has 5 nitrogen and oxygen atoms in total. The van der Waals surface area contributed by atoms with E-state index in [1.807, 2.05) is 4.90 Å². The summed E-state index contributed by atoms with van der Waals surface area (Å²) in [7, 11) is 1.48. The van der Waals surface area contributed by atoms with Crippen molar-refractivity contribution in [3.63, 3.8) is 0 Å². The van der Waals surface area contributed by atoms with Gasteiger partial charge in [0.2, 0.25) is 0 Å². The molecule has 3 rings (SSSR count). The minimum absolute atomic E-state index is 0. The number of piperazine rings is 1. The average Bonchev–Trinajstić information content (AvgIpc) is 2.63. The average molecular weight is 437 g/mol.